The van der Waals surface area contributed by atoms with Gasteiger partial charge in [0.1, 0.15) is 6.10 Å². The largest absolute Gasteiger partial charge is 0.462 e. The van der Waals surface area contributed by atoms with E-state index in [2.05, 4.69) is 123 Å². The quantitative estimate of drug-likeness (QED) is 0.0322. The molecule has 0 heterocycles. The molecule has 0 fully saturated rings. The first kappa shape index (κ1) is 59.8. The Labute approximate surface area is 388 Å². The summed E-state index contributed by atoms with van der Waals surface area (Å²) in [5.41, 5.74) is 0. The predicted molar refractivity (Wildman–Crippen MR) is 273 cm³/mol. The van der Waals surface area contributed by atoms with E-state index in [1.54, 1.807) is 0 Å². The number of esters is 1. The van der Waals surface area contributed by atoms with Crippen LogP contribution in [0.5, 0.6) is 0 Å². The number of unbranched alkanes of at least 4 members (excludes halogenated alkanes) is 17. The molecule has 0 spiro atoms. The van der Waals surface area contributed by atoms with Crippen molar-refractivity contribution in [1.82, 2.24) is 5.32 Å². The Kier molecular flexibility index (Phi) is 47.2. The maximum Gasteiger partial charge on any atom is 0.306 e. The van der Waals surface area contributed by atoms with Gasteiger partial charge in [0, 0.05) is 6.42 Å². The van der Waals surface area contributed by atoms with Crippen molar-refractivity contribution in [3.63, 3.8) is 0 Å². The molecule has 360 valence electrons. The molecule has 3 atom stereocenters. The molecule has 0 aromatic carbocycles. The Morgan fingerprint density at radius 2 is 0.857 bits per heavy atom. The van der Waals surface area contributed by atoms with Crippen LogP contribution < -0.4 is 5.32 Å². The van der Waals surface area contributed by atoms with Gasteiger partial charge in [-0.3, -0.25) is 9.59 Å². The van der Waals surface area contributed by atoms with E-state index in [0.717, 1.165) is 109 Å². The molecule has 0 aromatic rings. The molecule has 63 heavy (non-hydrogen) atoms. The molecule has 0 aromatic heterocycles. The highest BCUT2D eigenvalue weighted by atomic mass is 16.5. The summed E-state index contributed by atoms with van der Waals surface area (Å²) in [6.07, 6.45) is 66.1. The molecule has 6 nitrogen and oxygen atoms in total. The zero-order chi connectivity index (χ0) is 45.9. The summed E-state index contributed by atoms with van der Waals surface area (Å²) in [7, 11) is 0. The van der Waals surface area contributed by atoms with Crippen molar-refractivity contribution in [3.8, 4) is 0 Å². The fraction of sp³-hybridized carbons (Fsp3) is 0.684. The third-order valence-electron chi connectivity index (χ3n) is 11.1. The number of amides is 1. The molecule has 0 rings (SSSR count). The number of hydrogen-bond acceptors (Lipinski definition) is 5. The van der Waals surface area contributed by atoms with Gasteiger partial charge in [0.25, 0.3) is 0 Å². The lowest BCUT2D eigenvalue weighted by atomic mass is 10.0. The predicted octanol–water partition coefficient (Wildman–Crippen LogP) is 15.7. The number of hydrogen-bond donors (Lipinski definition) is 3. The minimum atomic E-state index is -0.808. The van der Waals surface area contributed by atoms with Crippen LogP contribution >= 0.6 is 0 Å². The number of carbonyl (C=O) groups is 2. The van der Waals surface area contributed by atoms with Crippen molar-refractivity contribution in [2.45, 2.75) is 244 Å². The first-order valence-corrected chi connectivity index (χ1v) is 26.0. The molecule has 0 aliphatic rings. The Morgan fingerprint density at radius 1 is 0.476 bits per heavy atom. The van der Waals surface area contributed by atoms with Crippen LogP contribution in [0, 0.1) is 0 Å². The van der Waals surface area contributed by atoms with Gasteiger partial charge in [-0.15, -0.1) is 0 Å². The van der Waals surface area contributed by atoms with Crippen molar-refractivity contribution in [1.29, 1.82) is 0 Å². The van der Waals surface area contributed by atoms with Crippen LogP contribution in [0.25, 0.3) is 0 Å². The number of rotatable bonds is 45. The van der Waals surface area contributed by atoms with Crippen molar-refractivity contribution in [2.24, 2.45) is 0 Å². The van der Waals surface area contributed by atoms with Gasteiger partial charge >= 0.3 is 5.97 Å². The van der Waals surface area contributed by atoms with E-state index in [-0.39, 0.29) is 24.9 Å². The lowest BCUT2D eigenvalue weighted by molar-refractivity contribution is -0.151. The number of aliphatic hydroxyl groups is 2. The van der Waals surface area contributed by atoms with Crippen LogP contribution in [0.15, 0.2) is 97.2 Å². The molecule has 0 bridgehead atoms. The van der Waals surface area contributed by atoms with Crippen molar-refractivity contribution >= 4 is 11.9 Å². The molecular weight excluding hydrogens is 779 g/mol. The van der Waals surface area contributed by atoms with Gasteiger partial charge in [0.15, 0.2) is 0 Å². The molecule has 6 heteroatoms. The molecule has 1 amide bonds. The molecule has 0 saturated carbocycles. The second kappa shape index (κ2) is 49.8. The second-order valence-corrected chi connectivity index (χ2v) is 17.2. The van der Waals surface area contributed by atoms with Crippen LogP contribution in [0.4, 0.5) is 0 Å². The third kappa shape index (κ3) is 45.2. The van der Waals surface area contributed by atoms with Crippen LogP contribution in [0.1, 0.15) is 226 Å². The van der Waals surface area contributed by atoms with E-state index in [1.165, 1.54) is 70.6 Å². The SMILES string of the molecule is CC/C=C\C/C=C\C/C=C\C/C=C\C/C=C\CCCCCC(=O)OC(CCCC/C=C\C/C=C\C/C=C\CCCCC)CC(=O)NC(CO)C(O)CCCCCCCCCCCC. The summed E-state index contributed by atoms with van der Waals surface area (Å²) in [5, 5.41) is 23.7. The number of aliphatic hydroxyl groups excluding tert-OH is 2. The molecule has 0 saturated heterocycles. The minimum Gasteiger partial charge on any atom is -0.462 e. The maximum absolute atomic E-state index is 13.2. The van der Waals surface area contributed by atoms with Crippen molar-refractivity contribution in [2.75, 3.05) is 6.61 Å². The summed E-state index contributed by atoms with van der Waals surface area (Å²) >= 11 is 0. The van der Waals surface area contributed by atoms with Crippen molar-refractivity contribution < 1.29 is 24.5 Å². The van der Waals surface area contributed by atoms with E-state index in [0.29, 0.717) is 19.3 Å². The van der Waals surface area contributed by atoms with Gasteiger partial charge in [0.2, 0.25) is 5.91 Å². The number of nitrogens with one attached hydrogen (secondary N) is 1. The molecular formula is C57H97NO5. The van der Waals surface area contributed by atoms with Gasteiger partial charge in [-0.1, -0.05) is 201 Å². The zero-order valence-electron chi connectivity index (χ0n) is 40.9. The number of allylic oxidation sites excluding steroid dienone is 16. The first-order valence-electron chi connectivity index (χ1n) is 26.0. The van der Waals surface area contributed by atoms with Gasteiger partial charge in [-0.05, 0) is 109 Å². The van der Waals surface area contributed by atoms with Gasteiger partial charge in [-0.2, -0.15) is 0 Å². The van der Waals surface area contributed by atoms with Gasteiger partial charge < -0.3 is 20.3 Å². The van der Waals surface area contributed by atoms with E-state index in [9.17, 15) is 19.8 Å². The number of ether oxygens (including phenoxy) is 1. The second-order valence-electron chi connectivity index (χ2n) is 17.2. The van der Waals surface area contributed by atoms with Gasteiger partial charge in [0.05, 0.1) is 25.2 Å². The van der Waals surface area contributed by atoms with Crippen LogP contribution in [-0.4, -0.2) is 46.9 Å². The molecule has 0 aliphatic carbocycles. The fourth-order valence-electron chi connectivity index (χ4n) is 7.23. The summed E-state index contributed by atoms with van der Waals surface area (Å²) in [6, 6.07) is -0.726. The Bertz CT molecular complexity index is 1260. The summed E-state index contributed by atoms with van der Waals surface area (Å²) < 4.78 is 5.90. The highest BCUT2D eigenvalue weighted by molar-refractivity contribution is 5.77. The average Bonchev–Trinajstić information content (AvgIpc) is 3.28. The standard InChI is InChI=1S/C57H97NO5/c1-4-7-10-13-16-19-22-24-26-27-28-29-31-33-35-38-41-44-47-50-57(62)63-53(48-45-42-39-36-34-32-30-25-23-20-17-14-11-8-5-2)51-56(61)58-54(52-59)55(60)49-46-43-40-37-21-18-15-12-9-6-3/h7,10,16-17,19-20,24-26,28-30,33-36,53-55,59-60H,4-6,8-9,11-15,18,21-23,27,31-32,37-52H2,1-3H3,(H,58,61)/b10-7-,19-16-,20-17-,26-24-,29-28-,30-25-,35-33-,36-34-. The monoisotopic (exact) mass is 876 g/mol. The molecule has 3 unspecified atom stereocenters. The van der Waals surface area contributed by atoms with Crippen LogP contribution in [-0.2, 0) is 14.3 Å². The van der Waals surface area contributed by atoms with E-state index in [4.69, 9.17) is 4.74 Å². The minimum absolute atomic E-state index is 0.0327. The summed E-state index contributed by atoms with van der Waals surface area (Å²) in [6.45, 7) is 6.30. The Balaban J connectivity index is 4.72. The van der Waals surface area contributed by atoms with Crippen LogP contribution in [0.3, 0.4) is 0 Å². The molecule has 3 N–H and O–H groups in total. The molecule has 0 radical (unpaired) electrons. The number of carbonyl (C=O) groups excluding carboxylic acids is 2. The Hall–Kier alpha value is -3.22. The topological polar surface area (TPSA) is 95.9 Å². The van der Waals surface area contributed by atoms with Gasteiger partial charge in [-0.25, -0.2) is 0 Å². The summed E-state index contributed by atoms with van der Waals surface area (Å²) in [5.74, 6) is -0.557. The molecule has 0 aliphatic heterocycles. The van der Waals surface area contributed by atoms with E-state index >= 15 is 0 Å². The highest BCUT2D eigenvalue weighted by Crippen LogP contribution is 2.16. The van der Waals surface area contributed by atoms with Crippen LogP contribution in [0.2, 0.25) is 0 Å². The maximum atomic E-state index is 13.2. The lowest BCUT2D eigenvalue weighted by Crippen LogP contribution is -2.46. The van der Waals surface area contributed by atoms with E-state index in [1.807, 2.05) is 0 Å². The normalized spacial score (nSPS) is 14.0. The zero-order valence-corrected chi connectivity index (χ0v) is 40.9. The fourth-order valence-corrected chi connectivity index (χ4v) is 7.23. The Morgan fingerprint density at radius 3 is 1.33 bits per heavy atom. The summed E-state index contributed by atoms with van der Waals surface area (Å²) in [4.78, 5) is 26.1. The first-order chi connectivity index (χ1) is 31.0. The van der Waals surface area contributed by atoms with E-state index < -0.39 is 18.2 Å². The third-order valence-corrected chi connectivity index (χ3v) is 11.1. The lowest BCUT2D eigenvalue weighted by Gasteiger charge is -2.24. The van der Waals surface area contributed by atoms with Crippen molar-refractivity contribution in [3.05, 3.63) is 97.2 Å². The smallest absolute Gasteiger partial charge is 0.306 e. The average molecular weight is 876 g/mol. The highest BCUT2D eigenvalue weighted by Gasteiger charge is 2.24.